The molecule has 2 fully saturated rings. The lowest BCUT2D eigenvalue weighted by molar-refractivity contribution is -0.158. The molecule has 3 heteroatoms. The zero-order valence-electron chi connectivity index (χ0n) is 17.3. The average Bonchev–Trinajstić information content (AvgIpc) is 3.53. The summed E-state index contributed by atoms with van der Waals surface area (Å²) >= 11 is 0. The zero-order valence-corrected chi connectivity index (χ0v) is 17.3. The third kappa shape index (κ3) is 3.88. The SMILES string of the molecule is CC(C)C1(CCCc2ccccc2)OC(=O)C(C(c2ccccc2)C2CC2)C1=O. The number of benzene rings is 2. The van der Waals surface area contributed by atoms with E-state index in [2.05, 4.69) is 12.1 Å². The molecular weight excluding hydrogens is 360 g/mol. The standard InChI is InChI=1S/C26H30O3/c1-18(2)26(17-9-12-19-10-5-3-6-11-19)24(27)23(25(28)29-26)22(21-15-16-21)20-13-7-4-8-14-20/h3-8,10-11,13-14,18,21-23H,9,12,15-17H2,1-2H3. The van der Waals surface area contributed by atoms with Crippen LogP contribution in [0.4, 0.5) is 0 Å². The van der Waals surface area contributed by atoms with Crippen LogP contribution in [0.2, 0.25) is 0 Å². The van der Waals surface area contributed by atoms with Crippen LogP contribution in [0.15, 0.2) is 60.7 Å². The number of ketones is 1. The van der Waals surface area contributed by atoms with E-state index in [1.165, 1.54) is 5.56 Å². The van der Waals surface area contributed by atoms with Gasteiger partial charge >= 0.3 is 5.97 Å². The molecule has 1 aliphatic carbocycles. The Balaban J connectivity index is 1.56. The van der Waals surface area contributed by atoms with E-state index in [9.17, 15) is 9.59 Å². The molecule has 0 amide bonds. The second kappa shape index (κ2) is 8.14. The lowest BCUT2D eigenvalue weighted by Crippen LogP contribution is -2.43. The molecule has 1 aliphatic heterocycles. The molecule has 1 saturated heterocycles. The van der Waals surface area contributed by atoms with E-state index in [4.69, 9.17) is 4.74 Å². The normalized spacial score (nSPS) is 25.3. The fraction of sp³-hybridized carbons (Fsp3) is 0.462. The van der Waals surface area contributed by atoms with E-state index in [0.29, 0.717) is 12.3 Å². The molecule has 3 atom stereocenters. The molecule has 0 N–H and O–H groups in total. The summed E-state index contributed by atoms with van der Waals surface area (Å²) in [6, 6.07) is 20.3. The number of rotatable bonds is 8. The van der Waals surface area contributed by atoms with Crippen LogP contribution >= 0.6 is 0 Å². The van der Waals surface area contributed by atoms with Crippen LogP contribution in [-0.4, -0.2) is 17.4 Å². The number of Topliss-reactive ketones (excluding diaryl/α,β-unsaturated/α-hetero) is 1. The van der Waals surface area contributed by atoms with Crippen LogP contribution < -0.4 is 0 Å². The van der Waals surface area contributed by atoms with E-state index in [-0.39, 0.29) is 23.6 Å². The second-order valence-corrected chi connectivity index (χ2v) is 8.92. The second-order valence-electron chi connectivity index (χ2n) is 8.92. The Morgan fingerprint density at radius 1 is 0.966 bits per heavy atom. The molecule has 1 heterocycles. The van der Waals surface area contributed by atoms with Crippen LogP contribution in [0.1, 0.15) is 56.6 Å². The van der Waals surface area contributed by atoms with E-state index < -0.39 is 11.5 Å². The summed E-state index contributed by atoms with van der Waals surface area (Å²) in [5.74, 6) is -0.646. The molecule has 0 spiro atoms. The molecule has 0 bridgehead atoms. The van der Waals surface area contributed by atoms with Crippen LogP contribution in [-0.2, 0) is 20.7 Å². The van der Waals surface area contributed by atoms with Crippen molar-refractivity contribution in [1.82, 2.24) is 0 Å². The van der Waals surface area contributed by atoms with Gasteiger partial charge in [0.1, 0.15) is 5.92 Å². The van der Waals surface area contributed by atoms with Crippen LogP contribution in [0, 0.1) is 17.8 Å². The molecular formula is C26H30O3. The molecule has 0 aromatic heterocycles. The lowest BCUT2D eigenvalue weighted by atomic mass is 9.73. The maximum Gasteiger partial charge on any atom is 0.318 e. The number of carbonyl (C=O) groups excluding carboxylic acids is 2. The van der Waals surface area contributed by atoms with Gasteiger partial charge in [-0.15, -0.1) is 0 Å². The Kier molecular flexibility index (Phi) is 5.58. The number of hydrogen-bond acceptors (Lipinski definition) is 3. The minimum atomic E-state index is -0.988. The first-order chi connectivity index (χ1) is 14.0. The quantitative estimate of drug-likeness (QED) is 0.451. The predicted molar refractivity (Wildman–Crippen MR) is 113 cm³/mol. The van der Waals surface area contributed by atoms with Gasteiger partial charge in [0.25, 0.3) is 0 Å². The lowest BCUT2D eigenvalue weighted by Gasteiger charge is -2.31. The van der Waals surface area contributed by atoms with Gasteiger partial charge < -0.3 is 4.74 Å². The summed E-state index contributed by atoms with van der Waals surface area (Å²) in [5.41, 5.74) is 1.35. The van der Waals surface area contributed by atoms with Crippen molar-refractivity contribution in [3.8, 4) is 0 Å². The smallest absolute Gasteiger partial charge is 0.318 e. The summed E-state index contributed by atoms with van der Waals surface area (Å²) in [4.78, 5) is 26.8. The average molecular weight is 391 g/mol. The monoisotopic (exact) mass is 390 g/mol. The van der Waals surface area contributed by atoms with Gasteiger partial charge in [-0.1, -0.05) is 74.5 Å². The number of carbonyl (C=O) groups is 2. The van der Waals surface area contributed by atoms with E-state index in [1.54, 1.807) is 0 Å². The number of ether oxygens (including phenoxy) is 1. The summed E-state index contributed by atoms with van der Waals surface area (Å²) < 4.78 is 5.97. The van der Waals surface area contributed by atoms with Crippen molar-refractivity contribution in [2.45, 2.75) is 57.5 Å². The highest BCUT2D eigenvalue weighted by Gasteiger charge is 2.60. The maximum atomic E-state index is 13.7. The molecule has 152 valence electrons. The highest BCUT2D eigenvalue weighted by atomic mass is 16.6. The molecule has 4 rings (SSSR count). The number of esters is 1. The van der Waals surface area contributed by atoms with Crippen molar-refractivity contribution in [3.63, 3.8) is 0 Å². The van der Waals surface area contributed by atoms with Crippen molar-refractivity contribution in [3.05, 3.63) is 71.8 Å². The number of hydrogen-bond donors (Lipinski definition) is 0. The van der Waals surface area contributed by atoms with Crippen molar-refractivity contribution >= 4 is 11.8 Å². The predicted octanol–water partition coefficient (Wildman–Crippen LogP) is 5.34. The Morgan fingerprint density at radius 2 is 1.59 bits per heavy atom. The maximum absolute atomic E-state index is 13.7. The van der Waals surface area contributed by atoms with E-state index >= 15 is 0 Å². The first kappa shape index (κ1) is 19.9. The van der Waals surface area contributed by atoms with E-state index in [0.717, 1.165) is 31.2 Å². The summed E-state index contributed by atoms with van der Waals surface area (Å²) in [5, 5.41) is 0. The van der Waals surface area contributed by atoms with Gasteiger partial charge in [-0.25, -0.2) is 0 Å². The molecule has 29 heavy (non-hydrogen) atoms. The number of cyclic esters (lactones) is 1. The first-order valence-electron chi connectivity index (χ1n) is 10.9. The molecule has 2 aliphatic rings. The molecule has 1 saturated carbocycles. The first-order valence-corrected chi connectivity index (χ1v) is 10.9. The van der Waals surface area contributed by atoms with Gasteiger partial charge in [0, 0.05) is 11.8 Å². The minimum Gasteiger partial charge on any atom is -0.450 e. The Labute approximate surface area is 173 Å². The fourth-order valence-corrected chi connectivity index (χ4v) is 4.91. The minimum absolute atomic E-state index is 0.00585. The highest BCUT2D eigenvalue weighted by Crippen LogP contribution is 2.52. The molecule has 3 nitrogen and oxygen atoms in total. The van der Waals surface area contributed by atoms with Gasteiger partial charge in [-0.3, -0.25) is 9.59 Å². The van der Waals surface area contributed by atoms with Crippen LogP contribution in [0.3, 0.4) is 0 Å². The van der Waals surface area contributed by atoms with E-state index in [1.807, 2.05) is 62.4 Å². The van der Waals surface area contributed by atoms with Crippen LogP contribution in [0.5, 0.6) is 0 Å². The molecule has 2 aromatic rings. The van der Waals surface area contributed by atoms with Gasteiger partial charge in [0.05, 0.1) is 0 Å². The third-order valence-corrected chi connectivity index (χ3v) is 6.70. The summed E-state index contributed by atoms with van der Waals surface area (Å²) in [7, 11) is 0. The van der Waals surface area contributed by atoms with Crippen LogP contribution in [0.25, 0.3) is 0 Å². The van der Waals surface area contributed by atoms with Gasteiger partial charge in [-0.2, -0.15) is 0 Å². The van der Waals surface area contributed by atoms with Gasteiger partial charge in [-0.05, 0) is 49.1 Å². The Hall–Kier alpha value is -2.42. The zero-order chi connectivity index (χ0) is 20.4. The topological polar surface area (TPSA) is 43.4 Å². The highest BCUT2D eigenvalue weighted by molar-refractivity contribution is 6.10. The van der Waals surface area contributed by atoms with Crippen molar-refractivity contribution < 1.29 is 14.3 Å². The molecule has 2 aromatic carbocycles. The molecule has 0 radical (unpaired) electrons. The Morgan fingerprint density at radius 3 is 2.17 bits per heavy atom. The van der Waals surface area contributed by atoms with Gasteiger partial charge in [0.15, 0.2) is 11.4 Å². The van der Waals surface area contributed by atoms with Crippen molar-refractivity contribution in [2.24, 2.45) is 17.8 Å². The summed E-state index contributed by atoms with van der Waals surface area (Å²) in [6.07, 6.45) is 4.47. The van der Waals surface area contributed by atoms with Gasteiger partial charge in [0.2, 0.25) is 0 Å². The summed E-state index contributed by atoms with van der Waals surface area (Å²) in [6.45, 7) is 4.01. The fourth-order valence-electron chi connectivity index (χ4n) is 4.91. The molecule has 3 unspecified atom stereocenters. The van der Waals surface area contributed by atoms with Crippen molar-refractivity contribution in [2.75, 3.05) is 0 Å². The Bertz CT molecular complexity index is 854. The third-order valence-electron chi connectivity index (χ3n) is 6.70. The van der Waals surface area contributed by atoms with Crippen molar-refractivity contribution in [1.29, 1.82) is 0 Å². The largest absolute Gasteiger partial charge is 0.450 e. The number of aryl methyl sites for hydroxylation is 1.